The van der Waals surface area contributed by atoms with E-state index in [0.717, 1.165) is 36.7 Å². The molecule has 0 unspecified atom stereocenters. The van der Waals surface area contributed by atoms with E-state index in [1.165, 1.54) is 0 Å². The van der Waals surface area contributed by atoms with Gasteiger partial charge in [0.15, 0.2) is 23.0 Å². The van der Waals surface area contributed by atoms with Gasteiger partial charge in [-0.05, 0) is 54.8 Å². The van der Waals surface area contributed by atoms with Gasteiger partial charge in [0, 0.05) is 31.7 Å². The van der Waals surface area contributed by atoms with Gasteiger partial charge in [-0.2, -0.15) is 0 Å². The van der Waals surface area contributed by atoms with Gasteiger partial charge in [-0.3, -0.25) is 9.21 Å². The minimum Gasteiger partial charge on any atom is -0.493 e. The molecule has 0 bridgehead atoms. The van der Waals surface area contributed by atoms with Crippen LogP contribution in [0.2, 0.25) is 0 Å². The maximum atomic E-state index is 13.9. The number of nitrogens with zero attached hydrogens (tertiary/aromatic N) is 2. The molecule has 3 aromatic rings. The summed E-state index contributed by atoms with van der Waals surface area (Å²) in [5, 5.41) is 0. The molecule has 9 heteroatoms. The van der Waals surface area contributed by atoms with Crippen LogP contribution < -0.4 is 23.3 Å². The topological polar surface area (TPSA) is 77.5 Å². The van der Waals surface area contributed by atoms with E-state index in [1.807, 2.05) is 18.2 Å². The van der Waals surface area contributed by atoms with Crippen LogP contribution in [0.1, 0.15) is 18.4 Å². The summed E-state index contributed by atoms with van der Waals surface area (Å²) in [6.07, 6.45) is 1.40. The fourth-order valence-electron chi connectivity index (χ4n) is 4.97. The minimum atomic E-state index is -3.80. The maximum Gasteiger partial charge on any atom is 0.264 e. The molecule has 1 saturated heterocycles. The Hall–Kier alpha value is -3.43. The van der Waals surface area contributed by atoms with Crippen molar-refractivity contribution >= 4 is 15.7 Å². The molecule has 0 aliphatic carbocycles. The molecule has 8 nitrogen and oxygen atoms in total. The number of benzene rings is 3. The Morgan fingerprint density at radius 3 is 2.27 bits per heavy atom. The predicted molar refractivity (Wildman–Crippen MR) is 141 cm³/mol. The van der Waals surface area contributed by atoms with Crippen molar-refractivity contribution in [3.8, 4) is 23.0 Å². The molecule has 0 N–H and O–H groups in total. The Labute approximate surface area is 218 Å². The van der Waals surface area contributed by atoms with Crippen LogP contribution in [0, 0.1) is 0 Å². The van der Waals surface area contributed by atoms with Crippen LogP contribution in [0.15, 0.2) is 71.6 Å². The molecule has 0 radical (unpaired) electrons. The van der Waals surface area contributed by atoms with Gasteiger partial charge in [0.1, 0.15) is 13.2 Å². The van der Waals surface area contributed by atoms with Gasteiger partial charge in [-0.25, -0.2) is 8.42 Å². The highest BCUT2D eigenvalue weighted by Crippen LogP contribution is 2.37. The summed E-state index contributed by atoms with van der Waals surface area (Å²) in [6, 6.07) is 19.7. The normalized spacial score (nSPS) is 16.3. The van der Waals surface area contributed by atoms with Gasteiger partial charge in [0.05, 0.1) is 24.8 Å². The summed E-state index contributed by atoms with van der Waals surface area (Å²) in [4.78, 5) is 2.62. The SMILES string of the molecule is COc1ccc(N(C2CCN(Cc3ccc4c(c3)OCCO4)CC2)S(=O)(=O)c2ccccc2)cc1OC. The van der Waals surface area contributed by atoms with Crippen molar-refractivity contribution in [2.75, 3.05) is 44.8 Å². The molecule has 1 fully saturated rings. The highest BCUT2D eigenvalue weighted by atomic mass is 32.2. The molecular formula is C28H32N2O6S. The molecule has 2 aliphatic rings. The number of fused-ring (bicyclic) bond motifs is 1. The molecule has 37 heavy (non-hydrogen) atoms. The molecule has 0 amide bonds. The third-order valence-corrected chi connectivity index (χ3v) is 8.72. The highest BCUT2D eigenvalue weighted by molar-refractivity contribution is 7.92. The first-order valence-corrected chi connectivity index (χ1v) is 13.9. The Kier molecular flexibility index (Phi) is 7.43. The van der Waals surface area contributed by atoms with Gasteiger partial charge in [0.25, 0.3) is 10.0 Å². The van der Waals surface area contributed by atoms with Gasteiger partial charge in [-0.1, -0.05) is 24.3 Å². The molecule has 3 aromatic carbocycles. The third kappa shape index (κ3) is 5.33. The molecule has 0 atom stereocenters. The van der Waals surface area contributed by atoms with Crippen LogP contribution in [0.5, 0.6) is 23.0 Å². The zero-order valence-electron chi connectivity index (χ0n) is 21.1. The third-order valence-electron chi connectivity index (χ3n) is 6.82. The summed E-state index contributed by atoms with van der Waals surface area (Å²) in [5.41, 5.74) is 1.71. The smallest absolute Gasteiger partial charge is 0.264 e. The van der Waals surface area contributed by atoms with E-state index in [0.29, 0.717) is 43.2 Å². The van der Waals surface area contributed by atoms with Crippen molar-refractivity contribution in [3.63, 3.8) is 0 Å². The number of hydrogen-bond donors (Lipinski definition) is 0. The first-order valence-electron chi connectivity index (χ1n) is 12.4. The van der Waals surface area contributed by atoms with E-state index in [4.69, 9.17) is 18.9 Å². The number of methoxy groups -OCH3 is 2. The van der Waals surface area contributed by atoms with Crippen molar-refractivity contribution in [1.29, 1.82) is 0 Å². The van der Waals surface area contributed by atoms with Crippen molar-refractivity contribution in [2.45, 2.75) is 30.3 Å². The summed E-state index contributed by atoms with van der Waals surface area (Å²) >= 11 is 0. The number of anilines is 1. The summed E-state index contributed by atoms with van der Waals surface area (Å²) in [5.74, 6) is 2.61. The maximum absolute atomic E-state index is 13.9. The lowest BCUT2D eigenvalue weighted by atomic mass is 10.0. The number of hydrogen-bond acceptors (Lipinski definition) is 7. The van der Waals surface area contributed by atoms with Crippen LogP contribution in [0.4, 0.5) is 5.69 Å². The van der Waals surface area contributed by atoms with Crippen molar-refractivity contribution in [1.82, 2.24) is 4.90 Å². The quantitative estimate of drug-likeness (QED) is 0.434. The van der Waals surface area contributed by atoms with Crippen molar-refractivity contribution in [3.05, 3.63) is 72.3 Å². The number of ether oxygens (including phenoxy) is 4. The predicted octanol–water partition coefficient (Wildman–Crippen LogP) is 4.33. The molecule has 0 saturated carbocycles. The highest BCUT2D eigenvalue weighted by Gasteiger charge is 2.34. The van der Waals surface area contributed by atoms with Crippen LogP contribution >= 0.6 is 0 Å². The van der Waals surface area contributed by atoms with Gasteiger partial charge < -0.3 is 18.9 Å². The first kappa shape index (κ1) is 25.2. The second-order valence-corrected chi connectivity index (χ2v) is 11.0. The fraction of sp³-hybridized carbons (Fsp3) is 0.357. The van der Waals surface area contributed by atoms with Gasteiger partial charge >= 0.3 is 0 Å². The van der Waals surface area contributed by atoms with Crippen LogP contribution in [0.25, 0.3) is 0 Å². The lowest BCUT2D eigenvalue weighted by Crippen LogP contribution is -2.47. The Morgan fingerprint density at radius 1 is 0.865 bits per heavy atom. The fourth-order valence-corrected chi connectivity index (χ4v) is 6.69. The molecule has 0 spiro atoms. The number of rotatable bonds is 8. The minimum absolute atomic E-state index is 0.195. The number of piperidine rings is 1. The second-order valence-electron chi connectivity index (χ2n) is 9.14. The Morgan fingerprint density at radius 2 is 1.57 bits per heavy atom. The zero-order valence-corrected chi connectivity index (χ0v) is 21.9. The Bertz CT molecular complexity index is 1320. The van der Waals surface area contributed by atoms with Gasteiger partial charge in [0.2, 0.25) is 0 Å². The number of sulfonamides is 1. The van der Waals surface area contributed by atoms with E-state index < -0.39 is 10.0 Å². The molecule has 2 heterocycles. The molecule has 2 aliphatic heterocycles. The number of likely N-dealkylation sites (tertiary alicyclic amines) is 1. The zero-order chi connectivity index (χ0) is 25.8. The molecule has 5 rings (SSSR count). The monoisotopic (exact) mass is 524 g/mol. The molecule has 0 aromatic heterocycles. The summed E-state index contributed by atoms with van der Waals surface area (Å²) in [6.45, 7) is 3.44. The summed E-state index contributed by atoms with van der Waals surface area (Å²) in [7, 11) is -0.684. The van der Waals surface area contributed by atoms with Crippen LogP contribution in [-0.2, 0) is 16.6 Å². The average molecular weight is 525 g/mol. The van der Waals surface area contributed by atoms with Crippen molar-refractivity contribution in [2.24, 2.45) is 0 Å². The van der Waals surface area contributed by atoms with E-state index >= 15 is 0 Å². The van der Waals surface area contributed by atoms with E-state index in [2.05, 4.69) is 11.0 Å². The lowest BCUT2D eigenvalue weighted by molar-refractivity contribution is 0.170. The largest absolute Gasteiger partial charge is 0.493 e. The average Bonchev–Trinajstić information content (AvgIpc) is 2.94. The van der Waals surface area contributed by atoms with E-state index in [-0.39, 0.29) is 10.9 Å². The lowest BCUT2D eigenvalue weighted by Gasteiger charge is -2.39. The van der Waals surface area contributed by atoms with Crippen molar-refractivity contribution < 1.29 is 27.4 Å². The Balaban J connectivity index is 1.37. The van der Waals surface area contributed by atoms with E-state index in [9.17, 15) is 8.42 Å². The van der Waals surface area contributed by atoms with E-state index in [1.54, 1.807) is 61.0 Å². The van der Waals surface area contributed by atoms with Gasteiger partial charge in [-0.15, -0.1) is 0 Å². The standard InChI is InChI=1S/C28H32N2O6S/c1-33-25-11-9-23(19-27(25)34-2)30(37(31,32)24-6-4-3-5-7-24)22-12-14-29(15-13-22)20-21-8-10-26-28(18-21)36-17-16-35-26/h3-11,18-19,22H,12-17,20H2,1-2H3. The van der Waals surface area contributed by atoms with Crippen LogP contribution in [-0.4, -0.2) is 59.9 Å². The van der Waals surface area contributed by atoms with Crippen LogP contribution in [0.3, 0.4) is 0 Å². The molecule has 196 valence electrons. The summed E-state index contributed by atoms with van der Waals surface area (Å²) < 4.78 is 51.6. The second kappa shape index (κ2) is 10.9. The first-order chi connectivity index (χ1) is 18.0. The molecular weight excluding hydrogens is 492 g/mol.